The Balaban J connectivity index is 1.45. The number of aryl methyl sites for hydroxylation is 1. The van der Waals surface area contributed by atoms with Crippen LogP contribution in [0.25, 0.3) is 0 Å². The average molecular weight is 342 g/mol. The van der Waals surface area contributed by atoms with Gasteiger partial charge in [-0.05, 0) is 30.7 Å². The molecule has 0 aliphatic carbocycles. The number of carbonyl (C=O) groups excluding carboxylic acids is 2. The molecule has 0 spiro atoms. The van der Waals surface area contributed by atoms with Gasteiger partial charge in [-0.3, -0.25) is 20.4 Å². The SMILES string of the molecule is Cc1ccccc1OCC(=O)NNC(=O)[C@@H]1COc2ccccc2O1. The third-order valence-corrected chi connectivity index (χ3v) is 3.58. The van der Waals surface area contributed by atoms with Gasteiger partial charge in [0.2, 0.25) is 6.10 Å². The molecule has 0 saturated heterocycles. The third-order valence-electron chi connectivity index (χ3n) is 3.58. The van der Waals surface area contributed by atoms with E-state index in [9.17, 15) is 9.59 Å². The van der Waals surface area contributed by atoms with Crippen molar-refractivity contribution in [1.82, 2.24) is 10.9 Å². The van der Waals surface area contributed by atoms with Gasteiger partial charge < -0.3 is 14.2 Å². The van der Waals surface area contributed by atoms with Crippen molar-refractivity contribution in [2.45, 2.75) is 13.0 Å². The zero-order valence-electron chi connectivity index (χ0n) is 13.7. The molecule has 0 bridgehead atoms. The van der Waals surface area contributed by atoms with E-state index in [1.54, 1.807) is 24.3 Å². The van der Waals surface area contributed by atoms with Crippen LogP contribution in [0.2, 0.25) is 0 Å². The fraction of sp³-hybridized carbons (Fsp3) is 0.222. The summed E-state index contributed by atoms with van der Waals surface area (Å²) in [5.74, 6) is 0.711. The van der Waals surface area contributed by atoms with Crippen LogP contribution < -0.4 is 25.1 Å². The van der Waals surface area contributed by atoms with Gasteiger partial charge in [0.1, 0.15) is 12.4 Å². The van der Waals surface area contributed by atoms with Crippen LogP contribution in [0.15, 0.2) is 48.5 Å². The van der Waals surface area contributed by atoms with E-state index < -0.39 is 17.9 Å². The molecule has 25 heavy (non-hydrogen) atoms. The largest absolute Gasteiger partial charge is 0.485 e. The van der Waals surface area contributed by atoms with Crippen LogP contribution in [0.3, 0.4) is 0 Å². The molecule has 1 aliphatic rings. The quantitative estimate of drug-likeness (QED) is 0.820. The van der Waals surface area contributed by atoms with Gasteiger partial charge in [0, 0.05) is 0 Å². The summed E-state index contributed by atoms with van der Waals surface area (Å²) in [6, 6.07) is 14.4. The van der Waals surface area contributed by atoms with Crippen LogP contribution in [0, 0.1) is 6.92 Å². The number of para-hydroxylation sites is 3. The van der Waals surface area contributed by atoms with Crippen molar-refractivity contribution in [1.29, 1.82) is 0 Å². The Hall–Kier alpha value is -3.22. The van der Waals surface area contributed by atoms with Crippen LogP contribution in [0.5, 0.6) is 17.2 Å². The van der Waals surface area contributed by atoms with Crippen LogP contribution >= 0.6 is 0 Å². The van der Waals surface area contributed by atoms with Gasteiger partial charge in [-0.2, -0.15) is 0 Å². The third kappa shape index (κ3) is 4.20. The van der Waals surface area contributed by atoms with Crippen LogP contribution in [0.1, 0.15) is 5.56 Å². The number of carbonyl (C=O) groups is 2. The number of hydrogen-bond acceptors (Lipinski definition) is 5. The highest BCUT2D eigenvalue weighted by Gasteiger charge is 2.27. The Bertz CT molecular complexity index is 778. The topological polar surface area (TPSA) is 85.9 Å². The molecule has 2 aromatic carbocycles. The summed E-state index contributed by atoms with van der Waals surface area (Å²) in [4.78, 5) is 23.9. The molecule has 7 nitrogen and oxygen atoms in total. The summed E-state index contributed by atoms with van der Waals surface area (Å²) in [6.07, 6.45) is -0.840. The van der Waals surface area contributed by atoms with Crippen LogP contribution in [-0.4, -0.2) is 31.1 Å². The number of fused-ring (bicyclic) bond motifs is 1. The summed E-state index contributed by atoms with van der Waals surface area (Å²) in [5.41, 5.74) is 5.53. The zero-order valence-corrected chi connectivity index (χ0v) is 13.7. The first-order chi connectivity index (χ1) is 12.1. The molecule has 7 heteroatoms. The average Bonchev–Trinajstić information content (AvgIpc) is 2.65. The van der Waals surface area contributed by atoms with Gasteiger partial charge in [0.25, 0.3) is 11.8 Å². The lowest BCUT2D eigenvalue weighted by Gasteiger charge is -2.25. The molecule has 2 aromatic rings. The number of benzene rings is 2. The summed E-state index contributed by atoms with van der Waals surface area (Å²) in [5, 5.41) is 0. The van der Waals surface area contributed by atoms with Crippen LogP contribution in [-0.2, 0) is 9.59 Å². The maximum atomic E-state index is 12.1. The number of nitrogens with one attached hydrogen (secondary N) is 2. The standard InChI is InChI=1S/C18H18N2O5/c1-12-6-2-3-7-13(12)24-11-17(21)19-20-18(22)16-10-23-14-8-4-5-9-15(14)25-16/h2-9,16H,10-11H2,1H3,(H,19,21)(H,20,22)/t16-/m0/s1. The molecular formula is C18H18N2O5. The maximum absolute atomic E-state index is 12.1. The molecule has 0 unspecified atom stereocenters. The second kappa shape index (κ2) is 7.57. The number of hydrogen-bond donors (Lipinski definition) is 2. The molecule has 0 saturated carbocycles. The van der Waals surface area contributed by atoms with E-state index in [1.165, 1.54) is 0 Å². The molecule has 2 amide bonds. The fourth-order valence-corrected chi connectivity index (χ4v) is 2.26. The second-order valence-electron chi connectivity index (χ2n) is 5.46. The number of amides is 2. The van der Waals surface area contributed by atoms with Gasteiger partial charge >= 0.3 is 0 Å². The summed E-state index contributed by atoms with van der Waals surface area (Å²) >= 11 is 0. The Morgan fingerprint density at radius 1 is 1.08 bits per heavy atom. The molecule has 3 rings (SSSR count). The van der Waals surface area contributed by atoms with Crippen molar-refractivity contribution >= 4 is 11.8 Å². The zero-order chi connectivity index (χ0) is 17.6. The summed E-state index contributed by atoms with van der Waals surface area (Å²) in [7, 11) is 0. The Morgan fingerprint density at radius 3 is 2.60 bits per heavy atom. The minimum atomic E-state index is -0.840. The smallest absolute Gasteiger partial charge is 0.283 e. The maximum Gasteiger partial charge on any atom is 0.283 e. The fourth-order valence-electron chi connectivity index (χ4n) is 2.26. The predicted octanol–water partition coefficient (Wildman–Crippen LogP) is 1.36. The molecule has 1 aliphatic heterocycles. The van der Waals surface area contributed by atoms with E-state index in [0.29, 0.717) is 17.2 Å². The second-order valence-corrected chi connectivity index (χ2v) is 5.46. The minimum absolute atomic E-state index is 0.0679. The molecule has 2 N–H and O–H groups in total. The van der Waals surface area contributed by atoms with Crippen molar-refractivity contribution in [2.24, 2.45) is 0 Å². The molecule has 1 atom stereocenters. The summed E-state index contributed by atoms with van der Waals surface area (Å²) in [6.45, 7) is 1.74. The highest BCUT2D eigenvalue weighted by molar-refractivity contribution is 5.85. The predicted molar refractivity (Wildman–Crippen MR) is 89.3 cm³/mol. The molecule has 130 valence electrons. The number of rotatable bonds is 4. The number of ether oxygens (including phenoxy) is 3. The highest BCUT2D eigenvalue weighted by Crippen LogP contribution is 2.30. The van der Waals surface area contributed by atoms with Gasteiger partial charge in [-0.1, -0.05) is 30.3 Å². The van der Waals surface area contributed by atoms with E-state index in [2.05, 4.69) is 10.9 Å². The van der Waals surface area contributed by atoms with Crippen molar-refractivity contribution in [3.8, 4) is 17.2 Å². The Morgan fingerprint density at radius 2 is 1.80 bits per heavy atom. The first kappa shape index (κ1) is 16.6. The van der Waals surface area contributed by atoms with Crippen molar-refractivity contribution in [2.75, 3.05) is 13.2 Å². The number of hydrazine groups is 1. The lowest BCUT2D eigenvalue weighted by molar-refractivity contribution is -0.135. The lowest BCUT2D eigenvalue weighted by Crippen LogP contribution is -2.51. The van der Waals surface area contributed by atoms with E-state index in [-0.39, 0.29) is 13.2 Å². The molecular weight excluding hydrogens is 324 g/mol. The van der Waals surface area contributed by atoms with Crippen LogP contribution in [0.4, 0.5) is 0 Å². The van der Waals surface area contributed by atoms with Crippen molar-refractivity contribution in [3.63, 3.8) is 0 Å². The molecule has 0 radical (unpaired) electrons. The van der Waals surface area contributed by atoms with Crippen molar-refractivity contribution < 1.29 is 23.8 Å². The minimum Gasteiger partial charge on any atom is -0.485 e. The Labute approximate surface area is 144 Å². The van der Waals surface area contributed by atoms with E-state index in [1.807, 2.05) is 31.2 Å². The van der Waals surface area contributed by atoms with Gasteiger partial charge in [0.15, 0.2) is 18.1 Å². The van der Waals surface area contributed by atoms with Crippen molar-refractivity contribution in [3.05, 3.63) is 54.1 Å². The monoisotopic (exact) mass is 342 g/mol. The Kier molecular flexibility index (Phi) is 5.03. The van der Waals surface area contributed by atoms with E-state index >= 15 is 0 Å². The first-order valence-corrected chi connectivity index (χ1v) is 7.79. The molecule has 0 aromatic heterocycles. The van der Waals surface area contributed by atoms with Gasteiger partial charge in [-0.25, -0.2) is 0 Å². The van der Waals surface area contributed by atoms with Gasteiger partial charge in [-0.15, -0.1) is 0 Å². The summed E-state index contributed by atoms with van der Waals surface area (Å²) < 4.78 is 16.4. The first-order valence-electron chi connectivity index (χ1n) is 7.79. The van der Waals surface area contributed by atoms with Gasteiger partial charge in [0.05, 0.1) is 0 Å². The molecule has 0 fully saturated rings. The van der Waals surface area contributed by atoms with E-state index in [4.69, 9.17) is 14.2 Å². The highest BCUT2D eigenvalue weighted by atomic mass is 16.6. The normalized spacial score (nSPS) is 15.2. The van der Waals surface area contributed by atoms with E-state index in [0.717, 1.165) is 5.56 Å². The molecule has 1 heterocycles. The lowest BCUT2D eigenvalue weighted by atomic mass is 10.2.